The first-order valence-corrected chi connectivity index (χ1v) is 11.0. The van der Waals surface area contributed by atoms with Gasteiger partial charge in [0, 0.05) is 31.1 Å². The highest BCUT2D eigenvalue weighted by Crippen LogP contribution is 2.42. The van der Waals surface area contributed by atoms with Crippen LogP contribution < -0.4 is 5.32 Å². The molecule has 164 valence electrons. The number of hydrogen-bond acceptors (Lipinski definition) is 5. The second kappa shape index (κ2) is 7.55. The molecule has 0 spiro atoms. The van der Waals surface area contributed by atoms with Gasteiger partial charge in [-0.05, 0) is 32.6 Å². The minimum absolute atomic E-state index is 0.0332. The highest BCUT2D eigenvalue weighted by atomic mass is 32.1. The fourth-order valence-corrected chi connectivity index (χ4v) is 5.21. The van der Waals surface area contributed by atoms with Crippen molar-refractivity contribution in [2.75, 3.05) is 18.4 Å². The molecule has 2 aromatic heterocycles. The minimum atomic E-state index is -4.35. The highest BCUT2D eigenvalue weighted by molar-refractivity contribution is 7.13. The van der Waals surface area contributed by atoms with Gasteiger partial charge < -0.3 is 10.2 Å². The summed E-state index contributed by atoms with van der Waals surface area (Å²) in [5.41, 5.74) is 1.34. The van der Waals surface area contributed by atoms with Gasteiger partial charge in [-0.15, -0.1) is 11.3 Å². The van der Waals surface area contributed by atoms with Gasteiger partial charge in [0.2, 0.25) is 0 Å². The lowest BCUT2D eigenvalue weighted by atomic mass is 9.94. The lowest BCUT2D eigenvalue weighted by Crippen LogP contribution is -2.41. The van der Waals surface area contributed by atoms with Crippen molar-refractivity contribution in [1.29, 1.82) is 0 Å². The number of aromatic nitrogens is 3. The van der Waals surface area contributed by atoms with Crippen LogP contribution in [0.1, 0.15) is 64.7 Å². The summed E-state index contributed by atoms with van der Waals surface area (Å²) in [5, 5.41) is 8.42. The van der Waals surface area contributed by atoms with E-state index in [-0.39, 0.29) is 30.2 Å². The lowest BCUT2D eigenvalue weighted by molar-refractivity contribution is -0.174. The Balaban J connectivity index is 1.55. The fourth-order valence-electron chi connectivity index (χ4n) is 4.32. The molecule has 1 saturated heterocycles. The molecule has 0 aliphatic carbocycles. The van der Waals surface area contributed by atoms with E-state index in [2.05, 4.69) is 15.4 Å². The molecule has 0 bridgehead atoms. The Kier molecular flexibility index (Phi) is 5.32. The van der Waals surface area contributed by atoms with Gasteiger partial charge in [-0.1, -0.05) is 13.8 Å². The molecule has 0 radical (unpaired) electrons. The summed E-state index contributed by atoms with van der Waals surface area (Å²) >= 11 is 1.38. The SMILES string of the molecule is Cc1nc(C)c(C(=O)N2CC[C@@H](c3cc4n(n3)[C@@H](C(F)(F)F)C[C@@H](C(C)C)N4)C2)s1. The molecule has 0 saturated carbocycles. The Hall–Kier alpha value is -2.10. The van der Waals surface area contributed by atoms with E-state index >= 15 is 0 Å². The van der Waals surface area contributed by atoms with Crippen LogP contribution >= 0.6 is 11.3 Å². The average molecular weight is 442 g/mol. The van der Waals surface area contributed by atoms with Crippen molar-refractivity contribution in [2.45, 2.75) is 64.7 Å². The minimum Gasteiger partial charge on any atom is -0.367 e. The first-order valence-electron chi connectivity index (χ1n) is 10.2. The second-order valence-corrected chi connectivity index (χ2v) is 9.77. The monoisotopic (exact) mass is 441 g/mol. The van der Waals surface area contributed by atoms with E-state index in [1.807, 2.05) is 27.7 Å². The number of rotatable bonds is 3. The van der Waals surface area contributed by atoms with Crippen LogP contribution in [0, 0.1) is 19.8 Å². The molecule has 2 aromatic rings. The standard InChI is InChI=1S/C20H26F3N5OS/c1-10(2)14-7-16(20(21,22)23)28-17(25-14)8-15(26-28)13-5-6-27(9-13)19(29)18-11(3)24-12(4)30-18/h8,10,13-14,16,25H,5-7,9H2,1-4H3/t13-,14+,16-/m1/s1. The van der Waals surface area contributed by atoms with Crippen molar-refractivity contribution in [2.24, 2.45) is 5.92 Å². The average Bonchev–Trinajstić information content (AvgIpc) is 3.36. The number of anilines is 1. The molecule has 10 heteroatoms. The van der Waals surface area contributed by atoms with Crippen LogP contribution in [0.25, 0.3) is 0 Å². The Labute approximate surface area is 177 Å². The third kappa shape index (κ3) is 3.81. The molecule has 0 unspecified atom stereocenters. The van der Waals surface area contributed by atoms with Gasteiger partial charge in [-0.25, -0.2) is 9.67 Å². The molecule has 1 fully saturated rings. The molecular weight excluding hydrogens is 415 g/mol. The number of thiazole rings is 1. The van der Waals surface area contributed by atoms with Gasteiger partial charge in [0.25, 0.3) is 5.91 Å². The number of alkyl halides is 3. The van der Waals surface area contributed by atoms with E-state index in [0.29, 0.717) is 35.9 Å². The number of likely N-dealkylation sites (tertiary alicyclic amines) is 1. The van der Waals surface area contributed by atoms with Gasteiger partial charge in [0.05, 0.1) is 16.4 Å². The van der Waals surface area contributed by atoms with Crippen LogP contribution in [0.2, 0.25) is 0 Å². The molecule has 1 amide bonds. The summed E-state index contributed by atoms with van der Waals surface area (Å²) in [7, 11) is 0. The van der Waals surface area contributed by atoms with Crippen molar-refractivity contribution in [1.82, 2.24) is 19.7 Å². The van der Waals surface area contributed by atoms with Crippen molar-refractivity contribution >= 4 is 23.1 Å². The number of fused-ring (bicyclic) bond motifs is 1. The molecule has 2 aliphatic heterocycles. The molecule has 4 rings (SSSR count). The van der Waals surface area contributed by atoms with Crippen LogP contribution in [-0.4, -0.2) is 50.9 Å². The van der Waals surface area contributed by atoms with Gasteiger partial charge in [-0.2, -0.15) is 18.3 Å². The molecule has 3 atom stereocenters. The number of nitrogens with zero attached hydrogens (tertiary/aromatic N) is 4. The Bertz CT molecular complexity index is 951. The zero-order chi connectivity index (χ0) is 21.8. The molecule has 30 heavy (non-hydrogen) atoms. The van der Waals surface area contributed by atoms with Crippen LogP contribution in [0.4, 0.5) is 19.0 Å². The van der Waals surface area contributed by atoms with E-state index in [1.54, 1.807) is 11.0 Å². The number of hydrogen-bond donors (Lipinski definition) is 1. The summed E-state index contributed by atoms with van der Waals surface area (Å²) < 4.78 is 42.2. The van der Waals surface area contributed by atoms with Gasteiger partial charge >= 0.3 is 6.18 Å². The van der Waals surface area contributed by atoms with Crippen LogP contribution in [0.15, 0.2) is 6.07 Å². The maximum atomic E-state index is 13.7. The summed E-state index contributed by atoms with van der Waals surface area (Å²) in [6, 6.07) is -0.154. The predicted molar refractivity (Wildman–Crippen MR) is 109 cm³/mol. The number of nitrogens with one attached hydrogen (secondary N) is 1. The summed E-state index contributed by atoms with van der Waals surface area (Å²) in [6.45, 7) is 8.54. The topological polar surface area (TPSA) is 63.1 Å². The zero-order valence-corrected chi connectivity index (χ0v) is 18.3. The fraction of sp³-hybridized carbons (Fsp3) is 0.650. The normalized spacial score (nSPS) is 24.3. The Morgan fingerprint density at radius 3 is 2.67 bits per heavy atom. The molecule has 6 nitrogen and oxygen atoms in total. The number of carbonyl (C=O) groups excluding carboxylic acids is 1. The van der Waals surface area contributed by atoms with Crippen molar-refractivity contribution in [3.8, 4) is 0 Å². The predicted octanol–water partition coefficient (Wildman–Crippen LogP) is 4.53. The highest BCUT2D eigenvalue weighted by Gasteiger charge is 2.47. The molecule has 4 heterocycles. The quantitative estimate of drug-likeness (QED) is 0.760. The zero-order valence-electron chi connectivity index (χ0n) is 17.5. The van der Waals surface area contributed by atoms with Gasteiger partial charge in [0.15, 0.2) is 6.04 Å². The molecular formula is C20H26F3N5OS. The van der Waals surface area contributed by atoms with E-state index < -0.39 is 12.2 Å². The van der Waals surface area contributed by atoms with Crippen molar-refractivity contribution < 1.29 is 18.0 Å². The van der Waals surface area contributed by atoms with Crippen molar-refractivity contribution in [3.05, 3.63) is 27.3 Å². The maximum absolute atomic E-state index is 13.7. The largest absolute Gasteiger partial charge is 0.410 e. The summed E-state index contributed by atoms with van der Waals surface area (Å²) in [5.74, 6) is 0.355. The van der Waals surface area contributed by atoms with Crippen molar-refractivity contribution in [3.63, 3.8) is 0 Å². The van der Waals surface area contributed by atoms with Crippen LogP contribution in [-0.2, 0) is 0 Å². The second-order valence-electron chi connectivity index (χ2n) is 8.57. The Morgan fingerprint density at radius 1 is 1.33 bits per heavy atom. The summed E-state index contributed by atoms with van der Waals surface area (Å²) in [6.07, 6.45) is -3.70. The third-order valence-corrected chi connectivity index (χ3v) is 7.10. The van der Waals surface area contributed by atoms with E-state index in [9.17, 15) is 18.0 Å². The Morgan fingerprint density at radius 2 is 2.07 bits per heavy atom. The van der Waals surface area contributed by atoms with E-state index in [1.165, 1.54) is 11.3 Å². The first kappa shape index (κ1) is 21.1. The number of carbonyl (C=O) groups is 1. The smallest absolute Gasteiger partial charge is 0.367 e. The maximum Gasteiger partial charge on any atom is 0.410 e. The van der Waals surface area contributed by atoms with Gasteiger partial charge in [0.1, 0.15) is 10.7 Å². The molecule has 2 aliphatic rings. The van der Waals surface area contributed by atoms with Gasteiger partial charge in [-0.3, -0.25) is 4.79 Å². The first-order chi connectivity index (χ1) is 14.0. The molecule has 0 aromatic carbocycles. The van der Waals surface area contributed by atoms with Crippen LogP contribution in [0.3, 0.4) is 0 Å². The third-order valence-electron chi connectivity index (χ3n) is 6.03. The summed E-state index contributed by atoms with van der Waals surface area (Å²) in [4.78, 5) is 19.6. The van der Waals surface area contributed by atoms with E-state index in [4.69, 9.17) is 0 Å². The van der Waals surface area contributed by atoms with Crippen LogP contribution in [0.5, 0.6) is 0 Å². The molecule has 1 N–H and O–H groups in total. The number of aryl methyl sites for hydroxylation is 2. The van der Waals surface area contributed by atoms with E-state index in [0.717, 1.165) is 15.4 Å². The number of halogens is 3. The number of amides is 1. The lowest BCUT2D eigenvalue weighted by Gasteiger charge is -2.35.